The van der Waals surface area contributed by atoms with Crippen molar-refractivity contribution in [1.82, 2.24) is 4.90 Å². The Labute approximate surface area is 94.2 Å². The monoisotopic (exact) mass is 210 g/mol. The predicted octanol–water partition coefficient (Wildman–Crippen LogP) is 2.38. The van der Waals surface area contributed by atoms with E-state index in [1.54, 1.807) is 0 Å². The Balaban J connectivity index is 1.83. The number of hydrogen-bond acceptors (Lipinski definition) is 2. The molecule has 2 rings (SSSR count). The van der Waals surface area contributed by atoms with Gasteiger partial charge in [-0.1, -0.05) is 6.42 Å². The van der Waals surface area contributed by atoms with Crippen molar-refractivity contribution in [3.05, 3.63) is 0 Å². The molecule has 0 spiro atoms. The predicted molar refractivity (Wildman–Crippen MR) is 64.8 cm³/mol. The van der Waals surface area contributed by atoms with Crippen LogP contribution in [-0.2, 0) is 0 Å². The van der Waals surface area contributed by atoms with Gasteiger partial charge in [-0.15, -0.1) is 0 Å². The Morgan fingerprint density at radius 2 is 1.80 bits per heavy atom. The van der Waals surface area contributed by atoms with Crippen LogP contribution < -0.4 is 5.73 Å². The van der Waals surface area contributed by atoms with Crippen molar-refractivity contribution < 1.29 is 0 Å². The van der Waals surface area contributed by atoms with Crippen molar-refractivity contribution in [2.75, 3.05) is 13.1 Å². The third-order valence-corrected chi connectivity index (χ3v) is 4.47. The highest BCUT2D eigenvalue weighted by Gasteiger charge is 2.29. The molecular formula is C13H26N2. The van der Waals surface area contributed by atoms with Gasteiger partial charge in [0, 0.05) is 12.1 Å². The third-order valence-electron chi connectivity index (χ3n) is 4.47. The molecule has 2 fully saturated rings. The van der Waals surface area contributed by atoms with Crippen LogP contribution in [0.1, 0.15) is 51.9 Å². The van der Waals surface area contributed by atoms with Crippen molar-refractivity contribution in [1.29, 1.82) is 0 Å². The summed E-state index contributed by atoms with van der Waals surface area (Å²) in [6.07, 6.45) is 9.79. The number of piperidine rings is 1. The fourth-order valence-corrected chi connectivity index (χ4v) is 3.38. The molecule has 1 saturated heterocycles. The lowest BCUT2D eigenvalue weighted by molar-refractivity contribution is 0.0720. The summed E-state index contributed by atoms with van der Waals surface area (Å²) in [5.74, 6) is 0.821. The summed E-state index contributed by atoms with van der Waals surface area (Å²) in [7, 11) is 0. The van der Waals surface area contributed by atoms with E-state index in [4.69, 9.17) is 5.73 Å². The molecule has 2 heteroatoms. The fourth-order valence-electron chi connectivity index (χ4n) is 3.38. The quantitative estimate of drug-likeness (QED) is 0.758. The Hall–Kier alpha value is -0.0800. The third kappa shape index (κ3) is 2.73. The minimum Gasteiger partial charge on any atom is -0.330 e. The molecule has 15 heavy (non-hydrogen) atoms. The second-order valence-electron chi connectivity index (χ2n) is 5.49. The molecule has 1 unspecified atom stereocenters. The summed E-state index contributed by atoms with van der Waals surface area (Å²) >= 11 is 0. The molecule has 0 amide bonds. The van der Waals surface area contributed by atoms with Gasteiger partial charge in [0.1, 0.15) is 0 Å². The van der Waals surface area contributed by atoms with Crippen LogP contribution in [0.3, 0.4) is 0 Å². The maximum Gasteiger partial charge on any atom is 0.00982 e. The molecule has 1 aliphatic heterocycles. The summed E-state index contributed by atoms with van der Waals surface area (Å²) in [5, 5.41) is 0. The van der Waals surface area contributed by atoms with Crippen LogP contribution in [0, 0.1) is 5.92 Å². The number of likely N-dealkylation sites (tertiary alicyclic amines) is 1. The number of hydrogen-bond donors (Lipinski definition) is 1. The van der Waals surface area contributed by atoms with Crippen molar-refractivity contribution in [2.45, 2.75) is 64.0 Å². The highest BCUT2D eigenvalue weighted by Crippen LogP contribution is 2.30. The van der Waals surface area contributed by atoms with Gasteiger partial charge in [-0.05, 0) is 64.5 Å². The zero-order valence-corrected chi connectivity index (χ0v) is 10.1. The average molecular weight is 210 g/mol. The van der Waals surface area contributed by atoms with Gasteiger partial charge in [-0.3, -0.25) is 4.90 Å². The van der Waals surface area contributed by atoms with E-state index in [1.165, 1.54) is 51.5 Å². The molecule has 0 bridgehead atoms. The van der Waals surface area contributed by atoms with E-state index in [0.717, 1.165) is 24.5 Å². The summed E-state index contributed by atoms with van der Waals surface area (Å²) < 4.78 is 0. The van der Waals surface area contributed by atoms with Gasteiger partial charge in [0.2, 0.25) is 0 Å². The second kappa shape index (κ2) is 5.31. The summed E-state index contributed by atoms with van der Waals surface area (Å²) in [4.78, 5) is 2.77. The van der Waals surface area contributed by atoms with E-state index in [2.05, 4.69) is 11.8 Å². The molecule has 2 N–H and O–H groups in total. The smallest absolute Gasteiger partial charge is 0.00982 e. The first kappa shape index (κ1) is 11.4. The molecule has 2 aliphatic rings. The van der Waals surface area contributed by atoms with Gasteiger partial charge in [0.05, 0.1) is 0 Å². The number of nitrogens with zero attached hydrogens (tertiary/aromatic N) is 1. The topological polar surface area (TPSA) is 29.3 Å². The molecule has 88 valence electrons. The van der Waals surface area contributed by atoms with Crippen molar-refractivity contribution in [3.8, 4) is 0 Å². The van der Waals surface area contributed by atoms with E-state index in [1.807, 2.05) is 0 Å². The molecule has 0 aromatic heterocycles. The molecule has 1 saturated carbocycles. The summed E-state index contributed by atoms with van der Waals surface area (Å²) in [6.45, 7) is 4.66. The molecular weight excluding hydrogens is 184 g/mol. The first-order valence-electron chi connectivity index (χ1n) is 6.77. The zero-order chi connectivity index (χ0) is 10.7. The van der Waals surface area contributed by atoms with Crippen LogP contribution in [0.15, 0.2) is 0 Å². The van der Waals surface area contributed by atoms with Crippen LogP contribution >= 0.6 is 0 Å². The molecule has 1 atom stereocenters. The van der Waals surface area contributed by atoms with E-state index in [-0.39, 0.29) is 0 Å². The first-order valence-corrected chi connectivity index (χ1v) is 6.77. The van der Waals surface area contributed by atoms with Gasteiger partial charge in [-0.2, -0.15) is 0 Å². The van der Waals surface area contributed by atoms with Crippen LogP contribution in [-0.4, -0.2) is 30.1 Å². The molecule has 0 radical (unpaired) electrons. The Morgan fingerprint density at radius 1 is 1.07 bits per heavy atom. The largest absolute Gasteiger partial charge is 0.330 e. The maximum atomic E-state index is 5.74. The Morgan fingerprint density at radius 3 is 2.40 bits per heavy atom. The normalized spacial score (nSPS) is 39.2. The minimum atomic E-state index is 0.821. The van der Waals surface area contributed by atoms with E-state index in [0.29, 0.717) is 0 Å². The SMILES string of the molecule is CC1CCCCN1C1CCC(CN)CC1. The molecule has 1 aliphatic carbocycles. The Kier molecular flexibility index (Phi) is 4.04. The van der Waals surface area contributed by atoms with Crippen LogP contribution in [0.25, 0.3) is 0 Å². The standard InChI is InChI=1S/C13H26N2/c1-11-4-2-3-9-15(11)13-7-5-12(10-14)6-8-13/h11-13H,2-10,14H2,1H3. The maximum absolute atomic E-state index is 5.74. The number of nitrogens with two attached hydrogens (primary N) is 1. The first-order chi connectivity index (χ1) is 7.31. The van der Waals surface area contributed by atoms with Gasteiger partial charge in [-0.25, -0.2) is 0 Å². The highest BCUT2D eigenvalue weighted by molar-refractivity contribution is 4.84. The average Bonchev–Trinajstić information content (AvgIpc) is 2.30. The van der Waals surface area contributed by atoms with Crippen LogP contribution in [0.4, 0.5) is 0 Å². The van der Waals surface area contributed by atoms with Gasteiger partial charge >= 0.3 is 0 Å². The minimum absolute atomic E-state index is 0.821. The van der Waals surface area contributed by atoms with Gasteiger partial charge in [0.15, 0.2) is 0 Å². The molecule has 0 aromatic rings. The lowest BCUT2D eigenvalue weighted by Gasteiger charge is -2.42. The molecule has 2 nitrogen and oxygen atoms in total. The zero-order valence-electron chi connectivity index (χ0n) is 10.1. The highest BCUT2D eigenvalue weighted by atomic mass is 15.2. The molecule has 0 aromatic carbocycles. The number of rotatable bonds is 2. The van der Waals surface area contributed by atoms with Crippen molar-refractivity contribution >= 4 is 0 Å². The van der Waals surface area contributed by atoms with Crippen molar-refractivity contribution in [2.24, 2.45) is 11.7 Å². The molecule has 1 heterocycles. The lowest BCUT2D eigenvalue weighted by Crippen LogP contribution is -2.46. The lowest BCUT2D eigenvalue weighted by atomic mass is 9.84. The van der Waals surface area contributed by atoms with Gasteiger partial charge < -0.3 is 5.73 Å². The van der Waals surface area contributed by atoms with Crippen LogP contribution in [0.2, 0.25) is 0 Å². The van der Waals surface area contributed by atoms with E-state index in [9.17, 15) is 0 Å². The summed E-state index contributed by atoms with van der Waals surface area (Å²) in [6, 6.07) is 1.71. The Bertz CT molecular complexity index is 185. The fraction of sp³-hybridized carbons (Fsp3) is 1.00. The van der Waals surface area contributed by atoms with E-state index >= 15 is 0 Å². The van der Waals surface area contributed by atoms with E-state index < -0.39 is 0 Å². The van der Waals surface area contributed by atoms with Crippen LogP contribution in [0.5, 0.6) is 0 Å². The summed E-state index contributed by atoms with van der Waals surface area (Å²) in [5.41, 5.74) is 5.74. The van der Waals surface area contributed by atoms with Gasteiger partial charge in [0.25, 0.3) is 0 Å². The van der Waals surface area contributed by atoms with Crippen molar-refractivity contribution in [3.63, 3.8) is 0 Å². The second-order valence-corrected chi connectivity index (χ2v) is 5.49.